The van der Waals surface area contributed by atoms with Crippen molar-refractivity contribution in [1.29, 1.82) is 0 Å². The molecule has 49 heavy (non-hydrogen) atoms. The second kappa shape index (κ2) is 19.7. The monoisotopic (exact) mass is 690 g/mol. The van der Waals surface area contributed by atoms with Crippen LogP contribution in [0.25, 0.3) is 0 Å². The Labute approximate surface area is 293 Å². The Bertz CT molecular complexity index is 1550. The molecule has 3 aromatic rings. The van der Waals surface area contributed by atoms with E-state index in [1.165, 1.54) is 25.0 Å². The third-order valence-electron chi connectivity index (χ3n) is 8.73. The van der Waals surface area contributed by atoms with Crippen molar-refractivity contribution in [2.75, 3.05) is 19.7 Å². The van der Waals surface area contributed by atoms with E-state index < -0.39 is 40.7 Å². The summed E-state index contributed by atoms with van der Waals surface area (Å²) in [4.78, 5) is 51.8. The Morgan fingerprint density at radius 3 is 2.47 bits per heavy atom. The third-order valence-corrected chi connectivity index (χ3v) is 8.91. The van der Waals surface area contributed by atoms with Crippen molar-refractivity contribution >= 4 is 35.5 Å². The van der Waals surface area contributed by atoms with E-state index in [4.69, 9.17) is 4.74 Å². The van der Waals surface area contributed by atoms with Gasteiger partial charge in [-0.2, -0.15) is 0 Å². The molecule has 9 nitrogen and oxygen atoms in total. The lowest BCUT2D eigenvalue weighted by molar-refractivity contribution is -0.133. The van der Waals surface area contributed by atoms with Gasteiger partial charge in [-0.15, -0.1) is 12.6 Å². The lowest BCUT2D eigenvalue weighted by Gasteiger charge is -2.23. The maximum Gasteiger partial charge on any atom is 0.243 e. The molecule has 1 aliphatic heterocycles. The number of nitrogens with one attached hydrogen (secondary N) is 4. The Kier molecular flexibility index (Phi) is 15.1. The van der Waals surface area contributed by atoms with E-state index >= 15 is 0 Å². The number of amides is 3. The number of carbonyl (C=O) groups excluding carboxylic acids is 4. The highest BCUT2D eigenvalue weighted by molar-refractivity contribution is 7.96. The third kappa shape index (κ3) is 13.3. The predicted octanol–water partition coefficient (Wildman–Crippen LogP) is 4.60. The van der Waals surface area contributed by atoms with Crippen molar-refractivity contribution in [2.24, 2.45) is 5.92 Å². The summed E-state index contributed by atoms with van der Waals surface area (Å²) in [6, 6.07) is 19.1. The molecule has 3 aromatic carbocycles. The van der Waals surface area contributed by atoms with Crippen LogP contribution >= 0.6 is 12.6 Å². The summed E-state index contributed by atoms with van der Waals surface area (Å²) in [6.45, 7) is 4.90. The Hall–Kier alpha value is -4.22. The maximum absolute atomic E-state index is 13.6. The largest absolute Gasteiger partial charge is 0.494 e. The van der Waals surface area contributed by atoms with Crippen molar-refractivity contribution in [3.63, 3.8) is 0 Å². The molecule has 0 saturated carbocycles. The molecule has 0 bridgehead atoms. The van der Waals surface area contributed by atoms with E-state index in [2.05, 4.69) is 33.9 Å². The van der Waals surface area contributed by atoms with Crippen LogP contribution in [0.15, 0.2) is 72.8 Å². The molecule has 0 aromatic heterocycles. The molecule has 3 amide bonds. The molecule has 1 aliphatic rings. The first kappa shape index (κ1) is 37.6. The van der Waals surface area contributed by atoms with E-state index in [1.807, 2.05) is 55.5 Å². The number of ether oxygens (including phenoxy) is 1. The van der Waals surface area contributed by atoms with Crippen LogP contribution < -0.4 is 26.0 Å². The number of benzene rings is 3. The molecular formula is C38H47FN4O5S. The molecule has 0 spiro atoms. The number of carbonyl (C=O) groups is 4. The number of rotatable bonds is 18. The SMILES string of the molecule is Cc1ccc(OCCC2CCCNC2)cc1CNC(=O)[C@H](CCc1ccccc1)NC(=O)[C@H](CC(=O)S)NC(=O)CCc1cccc(F)c1. The molecule has 4 N–H and O–H groups in total. The highest BCUT2D eigenvalue weighted by Crippen LogP contribution is 2.20. The summed E-state index contributed by atoms with van der Waals surface area (Å²) in [5, 5.41) is 11.2. The van der Waals surface area contributed by atoms with Gasteiger partial charge in [0.05, 0.1) is 6.61 Å². The normalized spacial score (nSPS) is 15.4. The summed E-state index contributed by atoms with van der Waals surface area (Å²) in [5.41, 5.74) is 3.50. The highest BCUT2D eigenvalue weighted by atomic mass is 32.1. The van der Waals surface area contributed by atoms with Gasteiger partial charge in [0.2, 0.25) is 17.7 Å². The molecule has 1 saturated heterocycles. The quantitative estimate of drug-likeness (QED) is 0.124. The van der Waals surface area contributed by atoms with Crippen molar-refractivity contribution in [2.45, 2.75) is 76.9 Å². The van der Waals surface area contributed by atoms with Crippen LogP contribution in [0.3, 0.4) is 0 Å². The van der Waals surface area contributed by atoms with Gasteiger partial charge in [0, 0.05) is 19.4 Å². The zero-order valence-corrected chi connectivity index (χ0v) is 28.9. The minimum Gasteiger partial charge on any atom is -0.494 e. The lowest BCUT2D eigenvalue weighted by Crippen LogP contribution is -2.54. The predicted molar refractivity (Wildman–Crippen MR) is 191 cm³/mol. The van der Waals surface area contributed by atoms with Crippen LogP contribution in [-0.2, 0) is 38.6 Å². The first-order valence-corrected chi connectivity index (χ1v) is 17.4. The minimum atomic E-state index is -1.24. The molecular weight excluding hydrogens is 644 g/mol. The highest BCUT2D eigenvalue weighted by Gasteiger charge is 2.28. The fourth-order valence-corrected chi connectivity index (χ4v) is 6.03. The van der Waals surface area contributed by atoms with Crippen molar-refractivity contribution in [1.82, 2.24) is 21.3 Å². The fraction of sp³-hybridized carbons (Fsp3) is 0.421. The Balaban J connectivity index is 1.38. The van der Waals surface area contributed by atoms with Gasteiger partial charge in [-0.1, -0.05) is 48.5 Å². The van der Waals surface area contributed by atoms with Crippen LogP contribution in [-0.4, -0.2) is 54.6 Å². The number of aryl methyl sites for hydroxylation is 3. The summed E-state index contributed by atoms with van der Waals surface area (Å²) in [7, 11) is 0. The van der Waals surface area contributed by atoms with Gasteiger partial charge < -0.3 is 26.0 Å². The lowest BCUT2D eigenvalue weighted by atomic mass is 9.97. The van der Waals surface area contributed by atoms with Crippen molar-refractivity contribution < 1.29 is 28.3 Å². The summed E-state index contributed by atoms with van der Waals surface area (Å²) >= 11 is 3.83. The van der Waals surface area contributed by atoms with Gasteiger partial charge in [-0.05, 0) is 111 Å². The van der Waals surface area contributed by atoms with Gasteiger partial charge in [-0.25, -0.2) is 4.39 Å². The van der Waals surface area contributed by atoms with Crippen molar-refractivity contribution in [3.05, 3.63) is 101 Å². The van der Waals surface area contributed by atoms with Gasteiger partial charge in [-0.3, -0.25) is 19.2 Å². The number of thiol groups is 1. The molecule has 11 heteroatoms. The van der Waals surface area contributed by atoms with Crippen LogP contribution in [0, 0.1) is 18.7 Å². The van der Waals surface area contributed by atoms with Gasteiger partial charge >= 0.3 is 0 Å². The molecule has 1 fully saturated rings. The van der Waals surface area contributed by atoms with Gasteiger partial charge in [0.25, 0.3) is 0 Å². The summed E-state index contributed by atoms with van der Waals surface area (Å²) < 4.78 is 19.6. The minimum absolute atomic E-state index is 0.0220. The molecule has 0 radical (unpaired) electrons. The van der Waals surface area contributed by atoms with E-state index in [1.54, 1.807) is 12.1 Å². The molecule has 0 aliphatic carbocycles. The van der Waals surface area contributed by atoms with E-state index in [-0.39, 0.29) is 32.2 Å². The number of halogens is 1. The van der Waals surface area contributed by atoms with E-state index in [9.17, 15) is 23.6 Å². The van der Waals surface area contributed by atoms with E-state index in [0.29, 0.717) is 24.5 Å². The topological polar surface area (TPSA) is 126 Å². The van der Waals surface area contributed by atoms with Gasteiger partial charge in [0.15, 0.2) is 5.12 Å². The second-order valence-corrected chi connectivity index (χ2v) is 13.1. The van der Waals surface area contributed by atoms with E-state index in [0.717, 1.165) is 42.0 Å². The smallest absolute Gasteiger partial charge is 0.243 e. The van der Waals surface area contributed by atoms with Crippen LogP contribution in [0.2, 0.25) is 0 Å². The molecule has 262 valence electrons. The molecule has 1 unspecified atom stereocenters. The molecule has 1 heterocycles. The first-order chi connectivity index (χ1) is 23.7. The number of hydrogen-bond donors (Lipinski definition) is 5. The average Bonchev–Trinajstić information content (AvgIpc) is 3.09. The number of piperidine rings is 1. The zero-order chi connectivity index (χ0) is 35.0. The average molecular weight is 691 g/mol. The first-order valence-electron chi connectivity index (χ1n) is 17.0. The number of hydrogen-bond acceptors (Lipinski definition) is 6. The van der Waals surface area contributed by atoms with Crippen LogP contribution in [0.5, 0.6) is 5.75 Å². The van der Waals surface area contributed by atoms with Crippen LogP contribution in [0.1, 0.15) is 60.8 Å². The zero-order valence-electron chi connectivity index (χ0n) is 28.0. The molecule has 3 atom stereocenters. The summed E-state index contributed by atoms with van der Waals surface area (Å²) in [6.07, 6.45) is 4.03. The van der Waals surface area contributed by atoms with Crippen LogP contribution in [0.4, 0.5) is 4.39 Å². The summed E-state index contributed by atoms with van der Waals surface area (Å²) in [5.74, 6) is -0.616. The van der Waals surface area contributed by atoms with Gasteiger partial charge in [0.1, 0.15) is 23.7 Å². The fourth-order valence-electron chi connectivity index (χ4n) is 5.84. The maximum atomic E-state index is 13.6. The molecule has 4 rings (SSSR count). The second-order valence-electron chi connectivity index (χ2n) is 12.6. The van der Waals surface area contributed by atoms with Crippen molar-refractivity contribution in [3.8, 4) is 5.75 Å². The Morgan fingerprint density at radius 2 is 1.73 bits per heavy atom. The Morgan fingerprint density at radius 1 is 0.939 bits per heavy atom. The standard InChI is InChI=1S/C38H47FN4O5S/c1-26-12-15-32(48-20-18-29-10-6-19-40-24-29)22-30(26)25-41-37(46)33(16-13-27-7-3-2-4-8-27)43-38(47)34(23-36(45)49)42-35(44)17-14-28-9-5-11-31(39)21-28/h2-5,7-9,11-12,15,21-22,29,33-34,40H,6,10,13-14,16-20,23-25H2,1H3,(H,41,46)(H,42,44)(H,43,47)(H,45,49)/t29?,33-,34-/m0/s1.